The van der Waals surface area contributed by atoms with Gasteiger partial charge in [0.1, 0.15) is 0 Å². The maximum Gasteiger partial charge on any atom is 0.242 e. The highest BCUT2D eigenvalue weighted by molar-refractivity contribution is 7.98. The van der Waals surface area contributed by atoms with Crippen LogP contribution in [-0.4, -0.2) is 38.0 Å². The third-order valence-electron chi connectivity index (χ3n) is 3.26. The van der Waals surface area contributed by atoms with Gasteiger partial charge in [0.2, 0.25) is 10.0 Å². The molecular weight excluding hydrogens is 294 g/mol. The Labute approximate surface area is 125 Å². The van der Waals surface area contributed by atoms with E-state index in [0.717, 1.165) is 11.4 Å². The van der Waals surface area contributed by atoms with E-state index in [-0.39, 0.29) is 0 Å². The second kappa shape index (κ2) is 6.98. The van der Waals surface area contributed by atoms with Crippen LogP contribution in [0.4, 0.5) is 0 Å². The average Bonchev–Trinajstić information content (AvgIpc) is 3.11. The van der Waals surface area contributed by atoms with Gasteiger partial charge in [0.25, 0.3) is 0 Å². The number of rotatable bonds is 9. The van der Waals surface area contributed by atoms with E-state index in [2.05, 4.69) is 15.0 Å². The van der Waals surface area contributed by atoms with Crippen LogP contribution >= 0.6 is 11.8 Å². The molecular formula is C13H23N3O2S2. The van der Waals surface area contributed by atoms with E-state index in [1.165, 1.54) is 12.8 Å². The Morgan fingerprint density at radius 3 is 2.90 bits per heavy atom. The molecule has 0 amide bonds. The van der Waals surface area contributed by atoms with Crippen molar-refractivity contribution in [3.05, 3.63) is 18.0 Å². The molecule has 0 aliphatic heterocycles. The summed E-state index contributed by atoms with van der Waals surface area (Å²) in [6.07, 6.45) is 6.03. The van der Waals surface area contributed by atoms with Gasteiger partial charge in [-0.3, -0.25) is 0 Å². The number of aromatic nitrogens is 1. The summed E-state index contributed by atoms with van der Waals surface area (Å²) in [5, 5.41) is 3.36. The smallest absolute Gasteiger partial charge is 0.242 e. The number of hydrogen-bond acceptors (Lipinski definition) is 4. The Kier molecular flexibility index (Phi) is 5.54. The minimum absolute atomic E-state index is 0.321. The summed E-state index contributed by atoms with van der Waals surface area (Å²) < 4.78 is 27.0. The van der Waals surface area contributed by atoms with Crippen molar-refractivity contribution >= 4 is 21.8 Å². The summed E-state index contributed by atoms with van der Waals surface area (Å²) in [5.41, 5.74) is 0.912. The zero-order chi connectivity index (χ0) is 14.6. The largest absolute Gasteiger partial charge is 0.363 e. The lowest BCUT2D eigenvalue weighted by Crippen LogP contribution is -2.29. The van der Waals surface area contributed by atoms with Gasteiger partial charge in [0.15, 0.2) is 0 Å². The van der Waals surface area contributed by atoms with Crippen molar-refractivity contribution in [1.29, 1.82) is 0 Å². The molecule has 0 spiro atoms. The van der Waals surface area contributed by atoms with Crippen LogP contribution < -0.4 is 10.0 Å². The maximum absolute atomic E-state index is 12.1. The average molecular weight is 317 g/mol. The lowest BCUT2D eigenvalue weighted by molar-refractivity contribution is 0.563. The normalized spacial score (nSPS) is 17.3. The van der Waals surface area contributed by atoms with E-state index in [1.54, 1.807) is 24.0 Å². The van der Waals surface area contributed by atoms with Gasteiger partial charge >= 0.3 is 0 Å². The van der Waals surface area contributed by atoms with Crippen LogP contribution in [0.25, 0.3) is 0 Å². The van der Waals surface area contributed by atoms with Crippen molar-refractivity contribution in [1.82, 2.24) is 15.0 Å². The highest BCUT2D eigenvalue weighted by Gasteiger charge is 2.21. The molecule has 1 aliphatic carbocycles. The lowest BCUT2D eigenvalue weighted by Gasteiger charge is -2.10. The van der Waals surface area contributed by atoms with E-state index in [4.69, 9.17) is 0 Å². The number of aromatic amines is 1. The Hall–Kier alpha value is -0.500. The third-order valence-corrected chi connectivity index (χ3v) is 5.56. The van der Waals surface area contributed by atoms with Gasteiger partial charge < -0.3 is 10.3 Å². The molecule has 0 bridgehead atoms. The van der Waals surface area contributed by atoms with Crippen LogP contribution in [0.5, 0.6) is 0 Å². The van der Waals surface area contributed by atoms with Gasteiger partial charge in [-0.1, -0.05) is 6.92 Å². The van der Waals surface area contributed by atoms with Crippen molar-refractivity contribution in [3.8, 4) is 0 Å². The summed E-state index contributed by atoms with van der Waals surface area (Å²) in [7, 11) is -3.39. The van der Waals surface area contributed by atoms with E-state index >= 15 is 0 Å². The van der Waals surface area contributed by atoms with E-state index in [0.29, 0.717) is 29.9 Å². The van der Waals surface area contributed by atoms with Gasteiger partial charge in [-0.15, -0.1) is 0 Å². The first-order valence-electron chi connectivity index (χ1n) is 6.90. The van der Waals surface area contributed by atoms with Gasteiger partial charge in [-0.25, -0.2) is 13.1 Å². The van der Waals surface area contributed by atoms with Gasteiger partial charge in [-0.2, -0.15) is 11.8 Å². The minimum atomic E-state index is -3.39. The van der Waals surface area contributed by atoms with E-state index in [1.807, 2.05) is 13.2 Å². The summed E-state index contributed by atoms with van der Waals surface area (Å²) in [6.45, 7) is 3.22. The molecule has 1 unspecified atom stereocenters. The van der Waals surface area contributed by atoms with Crippen LogP contribution in [0.3, 0.4) is 0 Å². The highest BCUT2D eigenvalue weighted by atomic mass is 32.2. The van der Waals surface area contributed by atoms with Crippen molar-refractivity contribution in [2.75, 3.05) is 18.6 Å². The van der Waals surface area contributed by atoms with Gasteiger partial charge in [0.05, 0.1) is 4.90 Å². The predicted molar refractivity (Wildman–Crippen MR) is 83.4 cm³/mol. The molecule has 1 saturated carbocycles. The summed E-state index contributed by atoms with van der Waals surface area (Å²) in [4.78, 5) is 3.34. The third kappa shape index (κ3) is 4.80. The number of sulfonamides is 1. The molecule has 0 radical (unpaired) electrons. The molecule has 2 rings (SSSR count). The molecule has 1 fully saturated rings. The Balaban J connectivity index is 1.87. The quantitative estimate of drug-likeness (QED) is 0.646. The first kappa shape index (κ1) is 15.9. The Morgan fingerprint density at radius 2 is 2.25 bits per heavy atom. The molecule has 0 aromatic carbocycles. The van der Waals surface area contributed by atoms with Crippen molar-refractivity contribution < 1.29 is 8.42 Å². The second-order valence-electron chi connectivity index (χ2n) is 5.43. The van der Waals surface area contributed by atoms with Gasteiger partial charge in [-0.05, 0) is 36.8 Å². The molecule has 20 heavy (non-hydrogen) atoms. The fourth-order valence-electron chi connectivity index (χ4n) is 1.90. The molecule has 0 saturated heterocycles. The molecule has 1 atom stereocenters. The highest BCUT2D eigenvalue weighted by Crippen LogP contribution is 2.19. The predicted octanol–water partition coefficient (Wildman–Crippen LogP) is 1.54. The van der Waals surface area contributed by atoms with E-state index in [9.17, 15) is 8.42 Å². The molecule has 7 heteroatoms. The molecule has 1 aromatic rings. The fraction of sp³-hybridized carbons (Fsp3) is 0.692. The first-order valence-corrected chi connectivity index (χ1v) is 9.78. The monoisotopic (exact) mass is 317 g/mol. The van der Waals surface area contributed by atoms with Crippen molar-refractivity contribution in [3.63, 3.8) is 0 Å². The molecule has 1 heterocycles. The molecule has 5 nitrogen and oxygen atoms in total. The summed E-state index contributed by atoms with van der Waals surface area (Å²) in [5.74, 6) is 1.28. The van der Waals surface area contributed by atoms with Crippen LogP contribution in [0.1, 0.15) is 25.5 Å². The number of thioether (sulfide) groups is 1. The standard InChI is InChI=1S/C13H23N3O2S2/c1-10(9-19-2)6-16-20(17,18)13-5-12(15-8-13)7-14-11-3-4-11/h5,8,10-11,14-16H,3-4,6-7,9H2,1-2H3. The minimum Gasteiger partial charge on any atom is -0.363 e. The van der Waals surface area contributed by atoms with Crippen molar-refractivity contribution in [2.45, 2.75) is 37.2 Å². The second-order valence-corrected chi connectivity index (χ2v) is 8.11. The zero-order valence-corrected chi connectivity index (χ0v) is 13.6. The summed E-state index contributed by atoms with van der Waals surface area (Å²) in [6, 6.07) is 2.32. The van der Waals surface area contributed by atoms with E-state index < -0.39 is 10.0 Å². The Bertz CT molecular complexity index is 523. The number of nitrogens with one attached hydrogen (secondary N) is 3. The van der Waals surface area contributed by atoms with Crippen LogP contribution in [0.15, 0.2) is 17.2 Å². The van der Waals surface area contributed by atoms with Crippen molar-refractivity contribution in [2.24, 2.45) is 5.92 Å². The summed E-state index contributed by atoms with van der Waals surface area (Å²) >= 11 is 1.73. The Morgan fingerprint density at radius 1 is 1.50 bits per heavy atom. The lowest BCUT2D eigenvalue weighted by atomic mass is 10.2. The SMILES string of the molecule is CSCC(C)CNS(=O)(=O)c1c[nH]c(CNC2CC2)c1. The first-order chi connectivity index (χ1) is 9.51. The topological polar surface area (TPSA) is 74.0 Å². The molecule has 1 aromatic heterocycles. The molecule has 114 valence electrons. The number of H-pyrrole nitrogens is 1. The maximum atomic E-state index is 12.1. The molecule has 1 aliphatic rings. The number of hydrogen-bond donors (Lipinski definition) is 3. The van der Waals surface area contributed by atoms with Crippen LogP contribution in [0, 0.1) is 5.92 Å². The molecule has 3 N–H and O–H groups in total. The zero-order valence-electron chi connectivity index (χ0n) is 12.0. The van der Waals surface area contributed by atoms with Crippen LogP contribution in [0.2, 0.25) is 0 Å². The fourth-order valence-corrected chi connectivity index (χ4v) is 3.77. The van der Waals surface area contributed by atoms with Crippen LogP contribution in [-0.2, 0) is 16.6 Å². The van der Waals surface area contributed by atoms with Gasteiger partial charge in [0, 0.05) is 31.0 Å².